The van der Waals surface area contributed by atoms with Crippen LogP contribution in [-0.4, -0.2) is 134 Å². The van der Waals surface area contributed by atoms with E-state index in [9.17, 15) is 38.7 Å². The Kier molecular flexibility index (Phi) is 23.0. The predicted molar refractivity (Wildman–Crippen MR) is 264 cm³/mol. The van der Waals surface area contributed by atoms with Gasteiger partial charge in [0.25, 0.3) is 11.7 Å². The number of ether oxygens (including phenoxy) is 7. The largest absolute Gasteiger partial charge is 0.460 e. The Morgan fingerprint density at radius 2 is 1.51 bits per heavy atom. The van der Waals surface area contributed by atoms with Crippen molar-refractivity contribution in [2.75, 3.05) is 27.9 Å². The number of esters is 3. The minimum absolute atomic E-state index is 0.0213. The molecule has 0 aromatic rings. The van der Waals surface area contributed by atoms with Crippen LogP contribution in [0.15, 0.2) is 47.6 Å². The third kappa shape index (κ3) is 16.3. The van der Waals surface area contributed by atoms with E-state index >= 15 is 0 Å². The maximum atomic E-state index is 14.5. The molecule has 1 N–H and O–H groups in total. The number of hydrogen-bond acceptors (Lipinski definition) is 15. The summed E-state index contributed by atoms with van der Waals surface area (Å²) >= 11 is 0. The van der Waals surface area contributed by atoms with Gasteiger partial charge in [0.15, 0.2) is 18.0 Å². The minimum atomic E-state index is -2.45. The molecule has 398 valence electrons. The second-order valence-electron chi connectivity index (χ2n) is 20.8. The van der Waals surface area contributed by atoms with Crippen LogP contribution in [-0.2, 0) is 66.7 Å². The summed E-state index contributed by atoms with van der Waals surface area (Å²) in [7, 11) is 4.52. The van der Waals surface area contributed by atoms with Crippen LogP contribution in [0.3, 0.4) is 0 Å². The lowest BCUT2D eigenvalue weighted by Gasteiger charge is -2.42. The number of piperidine rings is 1. The Bertz CT molecular complexity index is 1990. The Balaban J connectivity index is 1.75. The summed E-state index contributed by atoms with van der Waals surface area (Å²) < 4.78 is 41.1. The SMILES string of the molecule is CO[C@H]1C[C@@H]2CC[C@@H](C)[C@@](O)(O2)C(=O)C(=O)N2CCCC[C@H]2C(=O)O[C@H]([C@H](C)C[C@@H]2CC[C@@H](OC(C)=O)[C@H](OC)C2)CC(=O)[C@H](C)/C=C(\C)[C@@H](OC(C)=O)[C@@H](OC)C(=O)[C@H](C)C[C@H](C)/C=C/C=C/C=C/1C. The summed E-state index contributed by atoms with van der Waals surface area (Å²) in [6.07, 6.45) is 11.1. The number of hydrogen-bond donors (Lipinski definition) is 1. The van der Waals surface area contributed by atoms with Crippen molar-refractivity contribution < 1.29 is 71.8 Å². The van der Waals surface area contributed by atoms with E-state index in [0.29, 0.717) is 69.8 Å². The summed E-state index contributed by atoms with van der Waals surface area (Å²) in [5.41, 5.74) is 1.29. The van der Waals surface area contributed by atoms with Crippen molar-refractivity contribution in [2.24, 2.45) is 35.5 Å². The fourth-order valence-corrected chi connectivity index (χ4v) is 10.8. The van der Waals surface area contributed by atoms with Gasteiger partial charge in [-0.05, 0) is 107 Å². The fraction of sp³-hybridized carbons (Fsp3) is 0.727. The van der Waals surface area contributed by atoms with Crippen molar-refractivity contribution in [2.45, 2.75) is 194 Å². The van der Waals surface area contributed by atoms with E-state index in [0.717, 1.165) is 5.57 Å². The number of Topliss-reactive ketones (excluding diaryl/α,β-unsaturated/α-hetero) is 3. The molecule has 4 rings (SSSR count). The number of ketones is 3. The molecule has 16 nitrogen and oxygen atoms in total. The van der Waals surface area contributed by atoms with Gasteiger partial charge in [0.2, 0.25) is 5.79 Å². The quantitative estimate of drug-likeness (QED) is 0.109. The van der Waals surface area contributed by atoms with Gasteiger partial charge in [-0.3, -0.25) is 28.8 Å². The van der Waals surface area contributed by atoms with E-state index in [4.69, 9.17) is 33.2 Å². The van der Waals surface area contributed by atoms with Crippen molar-refractivity contribution in [3.63, 3.8) is 0 Å². The van der Waals surface area contributed by atoms with Crippen LogP contribution in [0.5, 0.6) is 0 Å². The van der Waals surface area contributed by atoms with Crippen molar-refractivity contribution in [1.82, 2.24) is 4.90 Å². The number of methoxy groups -OCH3 is 3. The molecule has 3 heterocycles. The normalized spacial score (nSPS) is 37.8. The Labute approximate surface area is 421 Å². The molecule has 3 aliphatic heterocycles. The zero-order chi connectivity index (χ0) is 52.7. The molecule has 0 radical (unpaired) electrons. The van der Waals surface area contributed by atoms with Gasteiger partial charge in [0.05, 0.1) is 18.3 Å². The molecule has 0 aromatic carbocycles. The van der Waals surface area contributed by atoms with Gasteiger partial charge in [-0.1, -0.05) is 71.1 Å². The molecule has 2 saturated heterocycles. The maximum Gasteiger partial charge on any atom is 0.329 e. The smallest absolute Gasteiger partial charge is 0.329 e. The number of allylic oxidation sites excluding steroid dienone is 6. The highest BCUT2D eigenvalue weighted by Crippen LogP contribution is 2.38. The maximum absolute atomic E-state index is 14.5. The highest BCUT2D eigenvalue weighted by Gasteiger charge is 2.53. The van der Waals surface area contributed by atoms with Crippen LogP contribution >= 0.6 is 0 Å². The van der Waals surface area contributed by atoms with Gasteiger partial charge in [-0.25, -0.2) is 4.79 Å². The number of carbonyl (C=O) groups is 7. The summed E-state index contributed by atoms with van der Waals surface area (Å²) in [5, 5.41) is 12.0. The average molecular weight is 998 g/mol. The molecule has 3 fully saturated rings. The molecular formula is C55H83NO15. The van der Waals surface area contributed by atoms with Gasteiger partial charge in [0.1, 0.15) is 24.0 Å². The highest BCUT2D eigenvalue weighted by molar-refractivity contribution is 6.39. The lowest BCUT2D eigenvalue weighted by Crippen LogP contribution is -2.61. The molecular weight excluding hydrogens is 915 g/mol. The van der Waals surface area contributed by atoms with Gasteiger partial charge >= 0.3 is 17.9 Å². The number of amides is 1. The molecule has 0 spiro atoms. The summed E-state index contributed by atoms with van der Waals surface area (Å²) in [6.45, 7) is 15.3. The van der Waals surface area contributed by atoms with Crippen molar-refractivity contribution in [3.8, 4) is 0 Å². The minimum Gasteiger partial charge on any atom is -0.460 e. The predicted octanol–water partition coefficient (Wildman–Crippen LogP) is 7.32. The first-order valence-electron chi connectivity index (χ1n) is 25.7. The zero-order valence-corrected chi connectivity index (χ0v) is 44.3. The summed E-state index contributed by atoms with van der Waals surface area (Å²) in [6, 6.07) is -1.18. The van der Waals surface area contributed by atoms with E-state index < -0.39 is 102 Å². The molecule has 4 aliphatic rings. The number of carbonyl (C=O) groups excluding carboxylic acids is 7. The molecule has 71 heavy (non-hydrogen) atoms. The van der Waals surface area contributed by atoms with Gasteiger partial charge in [-0.2, -0.15) is 0 Å². The number of cyclic esters (lactones) is 1. The third-order valence-corrected chi connectivity index (χ3v) is 15.0. The van der Waals surface area contributed by atoms with Gasteiger partial charge < -0.3 is 43.2 Å². The highest BCUT2D eigenvalue weighted by atomic mass is 16.6. The van der Waals surface area contributed by atoms with Crippen LogP contribution in [0.2, 0.25) is 0 Å². The average Bonchev–Trinajstić information content (AvgIpc) is 3.32. The van der Waals surface area contributed by atoms with Crippen LogP contribution in [0.4, 0.5) is 0 Å². The van der Waals surface area contributed by atoms with E-state index in [1.54, 1.807) is 41.1 Å². The van der Waals surface area contributed by atoms with Gasteiger partial charge in [0, 0.05) is 72.3 Å². The zero-order valence-electron chi connectivity index (χ0n) is 44.3. The van der Waals surface area contributed by atoms with Crippen LogP contribution in [0.25, 0.3) is 0 Å². The molecule has 1 saturated carbocycles. The molecule has 2 bridgehead atoms. The number of rotatable bonds is 8. The number of nitrogens with zero attached hydrogens (tertiary/aromatic N) is 1. The van der Waals surface area contributed by atoms with Crippen LogP contribution in [0, 0.1) is 35.5 Å². The monoisotopic (exact) mass is 998 g/mol. The van der Waals surface area contributed by atoms with E-state index in [-0.39, 0.29) is 48.9 Å². The van der Waals surface area contributed by atoms with E-state index in [1.165, 1.54) is 25.9 Å². The molecule has 0 aromatic heterocycles. The van der Waals surface area contributed by atoms with E-state index in [1.807, 2.05) is 58.1 Å². The Morgan fingerprint density at radius 1 is 0.803 bits per heavy atom. The Hall–Kier alpha value is -4.35. The van der Waals surface area contributed by atoms with Crippen molar-refractivity contribution in [3.05, 3.63) is 47.6 Å². The molecule has 16 heteroatoms. The summed E-state index contributed by atoms with van der Waals surface area (Å²) in [5.74, 6) is -9.41. The van der Waals surface area contributed by atoms with E-state index in [2.05, 4.69) is 0 Å². The lowest BCUT2D eigenvalue weighted by atomic mass is 9.78. The molecule has 1 aliphatic carbocycles. The summed E-state index contributed by atoms with van der Waals surface area (Å²) in [4.78, 5) is 97.2. The lowest BCUT2D eigenvalue weighted by molar-refractivity contribution is -0.265. The van der Waals surface area contributed by atoms with Crippen molar-refractivity contribution in [1.29, 1.82) is 0 Å². The number of fused-ring (bicyclic) bond motifs is 3. The standard InChI is InChI=1S/C55H83NO15/c1-32-18-14-13-15-19-33(2)46(65-10)30-42-23-21-38(7)55(64,71-42)52(61)53(62)56-25-17-16-20-43(56)54(63)70-47(35(4)28-41-22-24-45(68-39(8)57)48(29-41)66-11)31-44(59)34(3)27-37(6)50(69-40(9)58)51(67-12)49(60)36(5)26-32/h13-15,18-19,27,32,34-36,38,41-43,45-48,50-51,64H,16-17,20-26,28-31H2,1-12H3/b15-13+,18-14+,33-19+,37-27+/t32-,34-,35-,36-,38-,41+,42+,43+,45-,46+,47+,48-,50-,51+,55-/m1/s1. The fourth-order valence-electron chi connectivity index (χ4n) is 10.8. The first kappa shape index (κ1) is 59.2. The number of aliphatic hydroxyl groups is 1. The molecule has 1 amide bonds. The first-order valence-corrected chi connectivity index (χ1v) is 25.7. The van der Waals surface area contributed by atoms with Crippen LogP contribution < -0.4 is 0 Å². The first-order chi connectivity index (χ1) is 33.5. The molecule has 15 atom stereocenters. The van der Waals surface area contributed by atoms with Crippen LogP contribution in [0.1, 0.15) is 139 Å². The second-order valence-corrected chi connectivity index (χ2v) is 20.8. The topological polar surface area (TPSA) is 208 Å². The Morgan fingerprint density at radius 3 is 2.15 bits per heavy atom. The van der Waals surface area contributed by atoms with Crippen molar-refractivity contribution >= 4 is 41.2 Å². The third-order valence-electron chi connectivity index (χ3n) is 15.0. The second kappa shape index (κ2) is 27.6. The van der Waals surface area contributed by atoms with Gasteiger partial charge in [-0.15, -0.1) is 0 Å². The molecule has 0 unspecified atom stereocenters.